The maximum absolute atomic E-state index is 10.7. The summed E-state index contributed by atoms with van der Waals surface area (Å²) in [6.45, 7) is 1.73. The molecule has 0 atom stereocenters. The first kappa shape index (κ1) is 20.0. The number of carboxylic acid groups (broad SMARTS) is 1. The SMILES string of the molecule is CCOc1cc(-c2noc(-c3ccc(OC)c(OC)c3)n2)ccc1OCC(=O)O. The summed E-state index contributed by atoms with van der Waals surface area (Å²) in [4.78, 5) is 15.2. The molecule has 0 fully saturated rings. The van der Waals surface area contributed by atoms with Crippen LogP contribution in [0.5, 0.6) is 23.0 Å². The highest BCUT2D eigenvalue weighted by atomic mass is 16.5. The first-order valence-electron chi connectivity index (χ1n) is 8.73. The van der Waals surface area contributed by atoms with E-state index in [0.29, 0.717) is 52.4 Å². The van der Waals surface area contributed by atoms with Crippen molar-refractivity contribution in [3.05, 3.63) is 36.4 Å². The average Bonchev–Trinajstić information content (AvgIpc) is 3.22. The lowest BCUT2D eigenvalue weighted by Gasteiger charge is -2.11. The molecule has 1 aromatic heterocycles. The molecule has 0 unspecified atom stereocenters. The van der Waals surface area contributed by atoms with Crippen LogP contribution >= 0.6 is 0 Å². The molecular weight excluding hydrogens is 380 g/mol. The molecule has 9 heteroatoms. The lowest BCUT2D eigenvalue weighted by Crippen LogP contribution is -2.10. The van der Waals surface area contributed by atoms with E-state index < -0.39 is 12.6 Å². The highest BCUT2D eigenvalue weighted by molar-refractivity contribution is 5.69. The minimum atomic E-state index is -1.07. The van der Waals surface area contributed by atoms with Gasteiger partial charge in [-0.15, -0.1) is 0 Å². The number of aliphatic carboxylic acids is 1. The molecule has 3 rings (SSSR count). The van der Waals surface area contributed by atoms with Gasteiger partial charge in [-0.05, 0) is 43.3 Å². The van der Waals surface area contributed by atoms with Crippen molar-refractivity contribution >= 4 is 5.97 Å². The average molecular weight is 400 g/mol. The topological polar surface area (TPSA) is 113 Å². The fourth-order valence-electron chi connectivity index (χ4n) is 2.60. The third-order valence-corrected chi connectivity index (χ3v) is 3.91. The van der Waals surface area contributed by atoms with Crippen LogP contribution in [0.25, 0.3) is 22.8 Å². The van der Waals surface area contributed by atoms with Gasteiger partial charge in [0.05, 0.1) is 20.8 Å². The van der Waals surface area contributed by atoms with E-state index in [1.165, 1.54) is 0 Å². The summed E-state index contributed by atoms with van der Waals surface area (Å²) in [6.07, 6.45) is 0. The Morgan fingerprint density at radius 2 is 1.66 bits per heavy atom. The second-order valence-corrected chi connectivity index (χ2v) is 5.77. The normalized spacial score (nSPS) is 10.4. The van der Waals surface area contributed by atoms with Crippen molar-refractivity contribution in [3.8, 4) is 45.8 Å². The Morgan fingerprint density at radius 1 is 0.966 bits per heavy atom. The summed E-state index contributed by atoms with van der Waals surface area (Å²) in [5.74, 6) is 1.43. The number of nitrogens with zero attached hydrogens (tertiary/aromatic N) is 2. The van der Waals surface area contributed by atoms with Gasteiger partial charge in [0.15, 0.2) is 29.6 Å². The number of carbonyl (C=O) groups is 1. The maximum Gasteiger partial charge on any atom is 0.341 e. The van der Waals surface area contributed by atoms with Crippen LogP contribution in [0.4, 0.5) is 0 Å². The first-order chi connectivity index (χ1) is 14.0. The van der Waals surface area contributed by atoms with Crippen LogP contribution in [0.3, 0.4) is 0 Å². The summed E-state index contributed by atoms with van der Waals surface area (Å²) >= 11 is 0. The number of hydrogen-bond acceptors (Lipinski definition) is 8. The van der Waals surface area contributed by atoms with Gasteiger partial charge in [0.2, 0.25) is 5.82 Å². The summed E-state index contributed by atoms with van der Waals surface area (Å²) < 4.78 is 26.7. The molecule has 29 heavy (non-hydrogen) atoms. The van der Waals surface area contributed by atoms with Gasteiger partial charge in [-0.3, -0.25) is 0 Å². The van der Waals surface area contributed by atoms with Crippen molar-refractivity contribution < 1.29 is 33.4 Å². The largest absolute Gasteiger partial charge is 0.493 e. The van der Waals surface area contributed by atoms with E-state index in [9.17, 15) is 4.79 Å². The molecule has 3 aromatic rings. The van der Waals surface area contributed by atoms with Crippen LogP contribution in [0.2, 0.25) is 0 Å². The molecule has 1 heterocycles. The lowest BCUT2D eigenvalue weighted by atomic mass is 10.2. The van der Waals surface area contributed by atoms with Gasteiger partial charge >= 0.3 is 5.97 Å². The number of aromatic nitrogens is 2. The Hall–Kier alpha value is -3.75. The van der Waals surface area contributed by atoms with Crippen molar-refractivity contribution in [2.24, 2.45) is 0 Å². The highest BCUT2D eigenvalue weighted by Gasteiger charge is 2.16. The van der Waals surface area contributed by atoms with Crippen molar-refractivity contribution in [1.29, 1.82) is 0 Å². The number of benzene rings is 2. The van der Waals surface area contributed by atoms with Crippen LogP contribution in [0.1, 0.15) is 6.92 Å². The molecule has 0 radical (unpaired) electrons. The van der Waals surface area contributed by atoms with E-state index in [4.69, 9.17) is 28.6 Å². The molecule has 0 saturated heterocycles. The van der Waals surface area contributed by atoms with Gasteiger partial charge in [0.25, 0.3) is 5.89 Å². The third-order valence-electron chi connectivity index (χ3n) is 3.91. The quantitative estimate of drug-likeness (QED) is 0.578. The van der Waals surface area contributed by atoms with Crippen LogP contribution in [-0.2, 0) is 4.79 Å². The summed E-state index contributed by atoms with van der Waals surface area (Å²) in [5, 5.41) is 12.8. The molecule has 1 N–H and O–H groups in total. The number of ether oxygens (including phenoxy) is 4. The van der Waals surface area contributed by atoms with E-state index in [1.807, 2.05) is 6.92 Å². The molecule has 2 aromatic carbocycles. The van der Waals surface area contributed by atoms with Crippen molar-refractivity contribution in [2.45, 2.75) is 6.92 Å². The van der Waals surface area contributed by atoms with Crippen LogP contribution < -0.4 is 18.9 Å². The van der Waals surface area contributed by atoms with Gasteiger partial charge in [-0.2, -0.15) is 4.98 Å². The molecule has 0 aliphatic carbocycles. The van der Waals surface area contributed by atoms with Gasteiger partial charge in [-0.25, -0.2) is 4.79 Å². The molecular formula is C20H20N2O7. The maximum atomic E-state index is 10.7. The lowest BCUT2D eigenvalue weighted by molar-refractivity contribution is -0.139. The van der Waals surface area contributed by atoms with E-state index in [0.717, 1.165) is 0 Å². The van der Waals surface area contributed by atoms with Gasteiger partial charge < -0.3 is 28.6 Å². The summed E-state index contributed by atoms with van der Waals surface area (Å²) in [6, 6.07) is 10.3. The second-order valence-electron chi connectivity index (χ2n) is 5.77. The van der Waals surface area contributed by atoms with E-state index in [1.54, 1.807) is 50.6 Å². The summed E-state index contributed by atoms with van der Waals surface area (Å²) in [7, 11) is 3.10. The first-order valence-corrected chi connectivity index (χ1v) is 8.73. The van der Waals surface area contributed by atoms with E-state index >= 15 is 0 Å². The fourth-order valence-corrected chi connectivity index (χ4v) is 2.60. The van der Waals surface area contributed by atoms with Crippen molar-refractivity contribution in [1.82, 2.24) is 10.1 Å². The molecule has 0 aliphatic rings. The standard InChI is InChI=1S/C20H20N2O7/c1-4-27-17-9-12(5-8-15(17)28-11-18(23)24)19-21-20(29-22-19)13-6-7-14(25-2)16(10-13)26-3/h5-10H,4,11H2,1-3H3,(H,23,24). The number of methoxy groups -OCH3 is 2. The Bertz CT molecular complexity index is 1000. The molecule has 9 nitrogen and oxygen atoms in total. The zero-order valence-corrected chi connectivity index (χ0v) is 16.2. The number of carboxylic acids is 1. The van der Waals surface area contributed by atoms with E-state index in [2.05, 4.69) is 10.1 Å². The number of rotatable bonds is 9. The smallest absolute Gasteiger partial charge is 0.341 e. The van der Waals surface area contributed by atoms with Gasteiger partial charge in [0.1, 0.15) is 0 Å². The predicted molar refractivity (Wildman–Crippen MR) is 103 cm³/mol. The second kappa shape index (κ2) is 8.96. The van der Waals surface area contributed by atoms with Crippen LogP contribution in [0, 0.1) is 0 Å². The Morgan fingerprint density at radius 3 is 2.34 bits per heavy atom. The Balaban J connectivity index is 1.89. The predicted octanol–water partition coefficient (Wildman–Crippen LogP) is 3.28. The van der Waals surface area contributed by atoms with Crippen LogP contribution in [0.15, 0.2) is 40.9 Å². The van der Waals surface area contributed by atoms with Crippen molar-refractivity contribution in [3.63, 3.8) is 0 Å². The number of hydrogen-bond donors (Lipinski definition) is 1. The molecule has 152 valence electrons. The minimum absolute atomic E-state index is 0.310. The Kier molecular flexibility index (Phi) is 6.18. The zero-order chi connectivity index (χ0) is 20.8. The molecule has 0 aliphatic heterocycles. The fraction of sp³-hybridized carbons (Fsp3) is 0.250. The molecule has 0 amide bonds. The summed E-state index contributed by atoms with van der Waals surface area (Å²) in [5.41, 5.74) is 1.31. The van der Waals surface area contributed by atoms with Crippen LogP contribution in [-0.4, -0.2) is 48.6 Å². The minimum Gasteiger partial charge on any atom is -0.493 e. The molecule has 0 saturated carbocycles. The van der Waals surface area contributed by atoms with Crippen molar-refractivity contribution in [2.75, 3.05) is 27.4 Å². The third kappa shape index (κ3) is 4.57. The highest BCUT2D eigenvalue weighted by Crippen LogP contribution is 2.34. The molecule has 0 bridgehead atoms. The molecule has 0 spiro atoms. The van der Waals surface area contributed by atoms with Gasteiger partial charge in [-0.1, -0.05) is 5.16 Å². The zero-order valence-electron chi connectivity index (χ0n) is 16.2. The van der Waals surface area contributed by atoms with Gasteiger partial charge in [0, 0.05) is 11.1 Å². The monoisotopic (exact) mass is 400 g/mol. The Labute approximate surface area is 166 Å². The van der Waals surface area contributed by atoms with E-state index in [-0.39, 0.29) is 0 Å².